The number of amides is 1. The van der Waals surface area contributed by atoms with Crippen LogP contribution < -0.4 is 19.5 Å². The summed E-state index contributed by atoms with van der Waals surface area (Å²) in [5, 5.41) is 2.42. The molecule has 0 aliphatic heterocycles. The molecule has 12 heteroatoms. The van der Waals surface area contributed by atoms with Gasteiger partial charge >= 0.3 is 12.6 Å². The highest BCUT2D eigenvalue weighted by atomic mass is 32.2. The largest absolute Gasteiger partial charge is 0.493 e. The first-order chi connectivity index (χ1) is 15.1. The lowest BCUT2D eigenvalue weighted by Crippen LogP contribution is -2.25. The molecule has 0 heterocycles. The van der Waals surface area contributed by atoms with Crippen LogP contribution in [0.25, 0.3) is 0 Å². The number of halogens is 2. The molecule has 3 rings (SSSR count). The fourth-order valence-corrected chi connectivity index (χ4v) is 4.06. The lowest BCUT2D eigenvalue weighted by Gasteiger charge is -2.15. The average molecular weight is 470 g/mol. The zero-order valence-corrected chi connectivity index (χ0v) is 17.9. The Kier molecular flexibility index (Phi) is 6.94. The number of ether oxygens (including phenoxy) is 3. The third kappa shape index (κ3) is 5.51. The first kappa shape index (κ1) is 23.4. The molecular formula is C20H20F2N2O7S. The van der Waals surface area contributed by atoms with Gasteiger partial charge in [0, 0.05) is 23.7 Å². The van der Waals surface area contributed by atoms with E-state index in [1.807, 2.05) is 0 Å². The van der Waals surface area contributed by atoms with Crippen LogP contribution in [0.2, 0.25) is 0 Å². The number of hydrogen-bond acceptors (Lipinski definition) is 7. The molecule has 0 atom stereocenters. The maximum Gasteiger partial charge on any atom is 0.387 e. The van der Waals surface area contributed by atoms with Gasteiger partial charge in [0.1, 0.15) is 0 Å². The van der Waals surface area contributed by atoms with Crippen molar-refractivity contribution in [3.8, 4) is 11.5 Å². The van der Waals surface area contributed by atoms with Crippen molar-refractivity contribution in [3.63, 3.8) is 0 Å². The maximum absolute atomic E-state index is 12.7. The van der Waals surface area contributed by atoms with Crippen LogP contribution in [0.1, 0.15) is 33.6 Å². The number of rotatable bonds is 9. The summed E-state index contributed by atoms with van der Waals surface area (Å²) >= 11 is 0. The molecule has 1 fully saturated rings. The average Bonchev–Trinajstić information content (AvgIpc) is 3.56. The smallest absolute Gasteiger partial charge is 0.387 e. The predicted molar refractivity (Wildman–Crippen MR) is 109 cm³/mol. The van der Waals surface area contributed by atoms with E-state index in [0.717, 1.165) is 32.1 Å². The highest BCUT2D eigenvalue weighted by molar-refractivity contribution is 7.89. The van der Waals surface area contributed by atoms with Crippen LogP contribution >= 0.6 is 0 Å². The third-order valence-corrected chi connectivity index (χ3v) is 6.04. The number of esters is 1. The number of hydrogen-bond donors (Lipinski definition) is 2. The summed E-state index contributed by atoms with van der Waals surface area (Å²) in [6.45, 7) is -3.17. The van der Waals surface area contributed by atoms with Crippen molar-refractivity contribution in [2.45, 2.75) is 30.4 Å². The summed E-state index contributed by atoms with van der Waals surface area (Å²) in [5.41, 5.74) is -0.254. The van der Waals surface area contributed by atoms with Crippen molar-refractivity contribution in [1.29, 1.82) is 0 Å². The normalized spacial score (nSPS) is 13.5. The molecule has 2 aromatic rings. The van der Waals surface area contributed by atoms with Gasteiger partial charge in [0.05, 0.1) is 30.4 Å². The molecule has 0 aromatic heterocycles. The molecule has 1 aliphatic carbocycles. The monoisotopic (exact) mass is 470 g/mol. The predicted octanol–water partition coefficient (Wildman–Crippen LogP) is 2.78. The van der Waals surface area contributed by atoms with Crippen LogP contribution in [0.15, 0.2) is 41.3 Å². The van der Waals surface area contributed by atoms with Crippen LogP contribution in [0.5, 0.6) is 11.5 Å². The molecule has 2 aromatic carbocycles. The van der Waals surface area contributed by atoms with Crippen molar-refractivity contribution >= 4 is 27.6 Å². The molecule has 32 heavy (non-hydrogen) atoms. The highest BCUT2D eigenvalue weighted by Gasteiger charge is 2.28. The summed E-state index contributed by atoms with van der Waals surface area (Å²) < 4.78 is 66.5. The quantitative estimate of drug-likeness (QED) is 0.541. The van der Waals surface area contributed by atoms with Gasteiger partial charge in [-0.25, -0.2) is 17.9 Å². The molecular weight excluding hydrogens is 450 g/mol. The maximum atomic E-state index is 12.7. The summed E-state index contributed by atoms with van der Waals surface area (Å²) in [6.07, 6.45) is 1.56. The minimum atomic E-state index is -3.69. The molecule has 0 radical (unpaired) electrons. The third-order valence-electron chi connectivity index (χ3n) is 4.50. The van der Waals surface area contributed by atoms with Crippen molar-refractivity contribution in [1.82, 2.24) is 4.72 Å². The van der Waals surface area contributed by atoms with Gasteiger partial charge in [-0.3, -0.25) is 4.79 Å². The second-order valence-electron chi connectivity index (χ2n) is 6.79. The van der Waals surface area contributed by atoms with Gasteiger partial charge in [-0.05, 0) is 37.1 Å². The molecule has 1 saturated carbocycles. The van der Waals surface area contributed by atoms with Crippen LogP contribution in [-0.4, -0.2) is 47.2 Å². The number of methoxy groups -OCH3 is 2. The molecule has 1 aliphatic rings. The number of nitrogens with one attached hydrogen (secondary N) is 2. The molecule has 9 nitrogen and oxygen atoms in total. The highest BCUT2D eigenvalue weighted by Crippen LogP contribution is 2.35. The van der Waals surface area contributed by atoms with Crippen molar-refractivity contribution < 1.29 is 41.0 Å². The van der Waals surface area contributed by atoms with E-state index >= 15 is 0 Å². The van der Waals surface area contributed by atoms with E-state index in [9.17, 15) is 26.8 Å². The van der Waals surface area contributed by atoms with Gasteiger partial charge in [-0.2, -0.15) is 8.78 Å². The van der Waals surface area contributed by atoms with Gasteiger partial charge in [0.25, 0.3) is 5.91 Å². The van der Waals surface area contributed by atoms with E-state index in [4.69, 9.17) is 4.74 Å². The van der Waals surface area contributed by atoms with E-state index in [2.05, 4.69) is 19.5 Å². The second kappa shape index (κ2) is 9.49. The summed E-state index contributed by atoms with van der Waals surface area (Å²) in [7, 11) is -1.38. The molecule has 172 valence electrons. The summed E-state index contributed by atoms with van der Waals surface area (Å²) in [5.74, 6) is -2.14. The molecule has 0 bridgehead atoms. The Balaban J connectivity index is 1.87. The molecule has 2 N–H and O–H groups in total. The minimum Gasteiger partial charge on any atom is -0.493 e. The van der Waals surface area contributed by atoms with Gasteiger partial charge in [0.2, 0.25) is 10.0 Å². The lowest BCUT2D eigenvalue weighted by atomic mass is 10.1. The molecule has 0 saturated heterocycles. The Morgan fingerprint density at radius 2 is 1.72 bits per heavy atom. The zero-order valence-electron chi connectivity index (χ0n) is 17.1. The fraction of sp³-hybridized carbons (Fsp3) is 0.300. The van der Waals surface area contributed by atoms with Crippen LogP contribution in [0.3, 0.4) is 0 Å². The van der Waals surface area contributed by atoms with Crippen molar-refractivity contribution in [3.05, 3.63) is 47.5 Å². The van der Waals surface area contributed by atoms with Gasteiger partial charge in [0.15, 0.2) is 11.5 Å². The second-order valence-corrected chi connectivity index (χ2v) is 8.51. The van der Waals surface area contributed by atoms with Gasteiger partial charge in [-0.15, -0.1) is 0 Å². The molecule has 0 unspecified atom stereocenters. The standard InChI is InChI=1S/C20H20F2N2O7S/c1-29-16-9-14(19(26)30-2)15(10-17(16)31-20(21)22)23-18(25)11-3-7-13(8-4-11)32(27,28)24-12-5-6-12/h3-4,7-10,12,20,24H,5-6H2,1-2H3,(H,23,25). The minimum absolute atomic E-state index is 0.00623. The first-order valence-corrected chi connectivity index (χ1v) is 10.8. The lowest BCUT2D eigenvalue weighted by molar-refractivity contribution is -0.0511. The Morgan fingerprint density at radius 3 is 2.25 bits per heavy atom. The van der Waals surface area contributed by atoms with Crippen molar-refractivity contribution in [2.75, 3.05) is 19.5 Å². The summed E-state index contributed by atoms with van der Waals surface area (Å²) in [6, 6.07) is 7.13. The van der Waals surface area contributed by atoms with E-state index in [-0.39, 0.29) is 33.5 Å². The van der Waals surface area contributed by atoms with E-state index in [1.165, 1.54) is 31.4 Å². The Morgan fingerprint density at radius 1 is 1.06 bits per heavy atom. The van der Waals surface area contributed by atoms with E-state index < -0.39 is 34.3 Å². The van der Waals surface area contributed by atoms with Crippen LogP contribution in [0.4, 0.5) is 14.5 Å². The van der Waals surface area contributed by atoms with E-state index in [0.29, 0.717) is 0 Å². The molecule has 1 amide bonds. The number of alkyl halides is 2. The van der Waals surface area contributed by atoms with Gasteiger partial charge < -0.3 is 19.5 Å². The number of anilines is 1. The van der Waals surface area contributed by atoms with Crippen LogP contribution in [-0.2, 0) is 14.8 Å². The number of benzene rings is 2. The Hall–Kier alpha value is -3.25. The number of carbonyl (C=O) groups excluding carboxylic acids is 2. The SMILES string of the molecule is COC(=O)c1cc(OC)c(OC(F)F)cc1NC(=O)c1ccc(S(=O)(=O)NC2CC2)cc1. The number of sulfonamides is 1. The summed E-state index contributed by atoms with van der Waals surface area (Å²) in [4.78, 5) is 24.8. The van der Waals surface area contributed by atoms with Gasteiger partial charge in [-0.1, -0.05) is 0 Å². The molecule has 0 spiro atoms. The number of carbonyl (C=O) groups is 2. The van der Waals surface area contributed by atoms with E-state index in [1.54, 1.807) is 0 Å². The Labute approximate surface area is 182 Å². The fourth-order valence-electron chi connectivity index (χ4n) is 2.76. The topological polar surface area (TPSA) is 120 Å². The van der Waals surface area contributed by atoms with Crippen molar-refractivity contribution in [2.24, 2.45) is 0 Å². The Bertz CT molecular complexity index is 1120. The van der Waals surface area contributed by atoms with Crippen LogP contribution in [0, 0.1) is 0 Å². The zero-order chi connectivity index (χ0) is 23.5. The first-order valence-electron chi connectivity index (χ1n) is 9.33.